The maximum atomic E-state index is 13.2. The molecule has 0 radical (unpaired) electrons. The molecule has 1 saturated carbocycles. The first kappa shape index (κ1) is 19.0. The minimum absolute atomic E-state index is 0.125. The maximum Gasteiger partial charge on any atom is 0.188 e. The summed E-state index contributed by atoms with van der Waals surface area (Å²) in [6.45, 7) is -0.238. The molecule has 2 aromatic carbocycles. The Bertz CT molecular complexity index is 1450. The third kappa shape index (κ3) is 3.20. The minimum Gasteiger partial charge on any atom is -0.395 e. The number of hydrogen-bond acceptors (Lipinski definition) is 4. The van der Waals surface area contributed by atoms with E-state index in [0.717, 1.165) is 44.3 Å². The van der Waals surface area contributed by atoms with Gasteiger partial charge >= 0.3 is 0 Å². The van der Waals surface area contributed by atoms with Gasteiger partial charge < -0.3 is 10.1 Å². The zero-order valence-corrected chi connectivity index (χ0v) is 17.4. The molecule has 6 nitrogen and oxygen atoms in total. The van der Waals surface area contributed by atoms with Gasteiger partial charge in [-0.3, -0.25) is 14.9 Å². The maximum absolute atomic E-state index is 13.2. The number of ketones is 1. The summed E-state index contributed by atoms with van der Waals surface area (Å²) in [5, 5.41) is 19.5. The first-order chi connectivity index (χ1) is 15.7. The predicted octanol–water partition coefficient (Wildman–Crippen LogP) is 4.94. The number of pyridine rings is 1. The number of fused-ring (bicyclic) bond motifs is 2. The van der Waals surface area contributed by atoms with Crippen LogP contribution in [0.3, 0.4) is 0 Å². The van der Waals surface area contributed by atoms with E-state index < -0.39 is 5.92 Å². The summed E-state index contributed by atoms with van der Waals surface area (Å²) in [5.41, 5.74) is 6.12. The Kier molecular flexibility index (Phi) is 4.40. The number of rotatable bonds is 6. The first-order valence-electron chi connectivity index (χ1n) is 10.9. The summed E-state index contributed by atoms with van der Waals surface area (Å²) < 4.78 is 0. The van der Waals surface area contributed by atoms with Crippen molar-refractivity contribution < 1.29 is 9.90 Å². The van der Waals surface area contributed by atoms with Gasteiger partial charge in [0.25, 0.3) is 0 Å². The lowest BCUT2D eigenvalue weighted by Gasteiger charge is -2.12. The number of aliphatic hydroxyl groups excluding tert-OH is 1. The van der Waals surface area contributed by atoms with Crippen molar-refractivity contribution >= 4 is 27.6 Å². The van der Waals surface area contributed by atoms with E-state index in [1.165, 1.54) is 12.8 Å². The minimum atomic E-state index is -0.593. The summed E-state index contributed by atoms with van der Waals surface area (Å²) in [7, 11) is 0. The van der Waals surface area contributed by atoms with Crippen LogP contribution < -0.4 is 0 Å². The second kappa shape index (κ2) is 7.43. The van der Waals surface area contributed by atoms with Gasteiger partial charge in [-0.25, -0.2) is 0 Å². The average Bonchev–Trinajstić information content (AvgIpc) is 3.48. The number of nitrogens with zero attached hydrogens (tertiary/aromatic N) is 2. The largest absolute Gasteiger partial charge is 0.395 e. The Morgan fingerprint density at radius 3 is 2.69 bits per heavy atom. The van der Waals surface area contributed by atoms with Gasteiger partial charge in [0, 0.05) is 39.7 Å². The Hall–Kier alpha value is -3.77. The number of carbonyl (C=O) groups excluding carboxylic acids is 1. The van der Waals surface area contributed by atoms with Crippen molar-refractivity contribution in [1.29, 1.82) is 0 Å². The van der Waals surface area contributed by atoms with Crippen LogP contribution in [0.5, 0.6) is 0 Å². The van der Waals surface area contributed by atoms with Crippen LogP contribution in [0.15, 0.2) is 66.9 Å². The van der Waals surface area contributed by atoms with Gasteiger partial charge in [-0.05, 0) is 48.7 Å². The highest BCUT2D eigenvalue weighted by Crippen LogP contribution is 2.40. The molecule has 158 valence electrons. The molecule has 0 unspecified atom stereocenters. The summed E-state index contributed by atoms with van der Waals surface area (Å²) in [5.74, 6) is -0.140. The average molecular weight is 422 g/mol. The molecule has 6 heteroatoms. The van der Waals surface area contributed by atoms with Crippen LogP contribution >= 0.6 is 0 Å². The highest BCUT2D eigenvalue weighted by Gasteiger charge is 2.26. The van der Waals surface area contributed by atoms with Crippen LogP contribution in [0.25, 0.3) is 33.1 Å². The van der Waals surface area contributed by atoms with Gasteiger partial charge in [0.1, 0.15) is 5.69 Å². The summed E-state index contributed by atoms with van der Waals surface area (Å²) in [6, 6.07) is 19.4. The zero-order chi connectivity index (χ0) is 21.7. The van der Waals surface area contributed by atoms with E-state index in [1.54, 1.807) is 0 Å². The number of Topliss-reactive ketones (excluding diaryl/α,β-unsaturated/α-hetero) is 1. The molecule has 32 heavy (non-hydrogen) atoms. The molecular weight excluding hydrogens is 400 g/mol. The monoisotopic (exact) mass is 422 g/mol. The van der Waals surface area contributed by atoms with Crippen LogP contribution in [0.2, 0.25) is 0 Å². The number of aromatic nitrogens is 4. The number of hydrogen-bond donors (Lipinski definition) is 3. The third-order valence-electron chi connectivity index (χ3n) is 6.32. The van der Waals surface area contributed by atoms with Crippen molar-refractivity contribution in [3.05, 3.63) is 83.8 Å². The van der Waals surface area contributed by atoms with E-state index in [0.29, 0.717) is 11.6 Å². The summed E-state index contributed by atoms with van der Waals surface area (Å²) in [6.07, 6.45) is 4.26. The van der Waals surface area contributed by atoms with Gasteiger partial charge in [0.15, 0.2) is 5.78 Å². The second-order valence-electron chi connectivity index (χ2n) is 8.49. The number of aromatic amines is 2. The van der Waals surface area contributed by atoms with E-state index in [4.69, 9.17) is 0 Å². The van der Waals surface area contributed by atoms with E-state index in [-0.39, 0.29) is 12.4 Å². The number of nitrogens with one attached hydrogen (secondary N) is 2. The third-order valence-corrected chi connectivity index (χ3v) is 6.32. The Balaban J connectivity index is 1.40. The molecular formula is C26H22N4O2. The molecule has 0 amide bonds. The lowest BCUT2D eigenvalue weighted by atomic mass is 9.94. The fourth-order valence-corrected chi connectivity index (χ4v) is 4.41. The lowest BCUT2D eigenvalue weighted by molar-refractivity contribution is 0.0918. The van der Waals surface area contributed by atoms with Gasteiger partial charge in [-0.2, -0.15) is 5.10 Å². The number of carbonyl (C=O) groups is 1. The molecule has 3 N–H and O–H groups in total. The number of benzene rings is 2. The molecule has 1 aliphatic rings. The lowest BCUT2D eigenvalue weighted by Crippen LogP contribution is -2.17. The summed E-state index contributed by atoms with van der Waals surface area (Å²) >= 11 is 0. The molecule has 1 atom stereocenters. The van der Waals surface area contributed by atoms with Gasteiger partial charge in [-0.1, -0.05) is 30.3 Å². The van der Waals surface area contributed by atoms with Gasteiger partial charge in [-0.15, -0.1) is 0 Å². The standard InChI is InChI=1S/C26H22N4O2/c31-14-20(15-4-2-1-3-5-15)26(32)24-12-18-10-19-23(13-22(18)28-24)29-30-25(19)17-8-9-27-21(11-17)16-6-7-16/h1-5,8-13,16,20,28,31H,6-7,14H2,(H,29,30)/t20-/m1/s1. The molecule has 5 aromatic rings. The molecule has 3 aromatic heterocycles. The van der Waals surface area contributed by atoms with E-state index in [1.807, 2.05) is 54.7 Å². The SMILES string of the molecule is O=C(c1cc2cc3c(-c4ccnc(C5CC5)c4)n[nH]c3cc2[nH]1)[C@H](CO)c1ccccc1. The molecule has 0 aliphatic heterocycles. The molecule has 0 saturated heterocycles. The van der Waals surface area contributed by atoms with Crippen molar-refractivity contribution in [3.63, 3.8) is 0 Å². The van der Waals surface area contributed by atoms with Crippen LogP contribution in [-0.2, 0) is 0 Å². The zero-order valence-electron chi connectivity index (χ0n) is 17.4. The quantitative estimate of drug-likeness (QED) is 0.338. The fourth-order valence-electron chi connectivity index (χ4n) is 4.41. The Morgan fingerprint density at radius 2 is 1.91 bits per heavy atom. The highest BCUT2D eigenvalue weighted by molar-refractivity contribution is 6.07. The molecule has 1 fully saturated rings. The number of aliphatic hydroxyl groups is 1. The molecule has 1 aliphatic carbocycles. The van der Waals surface area contributed by atoms with Crippen molar-refractivity contribution in [1.82, 2.24) is 20.2 Å². The smallest absolute Gasteiger partial charge is 0.188 e. The Labute approximate surface area is 184 Å². The van der Waals surface area contributed by atoms with Crippen molar-refractivity contribution in [2.75, 3.05) is 6.61 Å². The first-order valence-corrected chi connectivity index (χ1v) is 10.9. The van der Waals surface area contributed by atoms with Crippen molar-refractivity contribution in [3.8, 4) is 11.3 Å². The molecule has 3 heterocycles. The van der Waals surface area contributed by atoms with Gasteiger partial charge in [0.2, 0.25) is 0 Å². The van der Waals surface area contributed by atoms with Crippen molar-refractivity contribution in [2.24, 2.45) is 0 Å². The predicted molar refractivity (Wildman–Crippen MR) is 124 cm³/mol. The van der Waals surface area contributed by atoms with Crippen LogP contribution in [0, 0.1) is 0 Å². The topological polar surface area (TPSA) is 94.7 Å². The van der Waals surface area contributed by atoms with Gasteiger partial charge in [0.05, 0.1) is 23.7 Å². The molecule has 0 bridgehead atoms. The van der Waals surface area contributed by atoms with E-state index in [2.05, 4.69) is 32.3 Å². The highest BCUT2D eigenvalue weighted by atomic mass is 16.3. The number of H-pyrrole nitrogens is 2. The molecule has 6 rings (SSSR count). The van der Waals surface area contributed by atoms with Crippen LogP contribution in [-0.4, -0.2) is 37.7 Å². The van der Waals surface area contributed by atoms with Crippen LogP contribution in [0.1, 0.15) is 46.4 Å². The molecule has 0 spiro atoms. The summed E-state index contributed by atoms with van der Waals surface area (Å²) in [4.78, 5) is 20.9. The van der Waals surface area contributed by atoms with Crippen LogP contribution in [0.4, 0.5) is 0 Å². The Morgan fingerprint density at radius 1 is 1.06 bits per heavy atom. The van der Waals surface area contributed by atoms with E-state index in [9.17, 15) is 9.90 Å². The second-order valence-corrected chi connectivity index (χ2v) is 8.49. The normalized spacial score (nSPS) is 14.8. The van der Waals surface area contributed by atoms with Crippen molar-refractivity contribution in [2.45, 2.75) is 24.7 Å². The fraction of sp³-hybridized carbons (Fsp3) is 0.192. The van der Waals surface area contributed by atoms with E-state index >= 15 is 0 Å².